The van der Waals surface area contributed by atoms with Crippen molar-refractivity contribution in [1.82, 2.24) is 14.2 Å². The third-order valence-corrected chi connectivity index (χ3v) is 6.98. The highest BCUT2D eigenvalue weighted by molar-refractivity contribution is 7.89. The van der Waals surface area contributed by atoms with Gasteiger partial charge in [0.25, 0.3) is 0 Å². The van der Waals surface area contributed by atoms with Crippen LogP contribution in [0.15, 0.2) is 41.3 Å². The standard InChI is InChI=1S/C20H25ClN4O3S/c1-15-5-3-6-17(22-15)14-24-9-4-10-25(12-11-24)29(27,28)18-7-8-20(19(21)13-18)23-16(2)26/h3,5-8,13H,4,9-12,14H2,1-2H3,(H,23,26). The van der Waals surface area contributed by atoms with E-state index in [9.17, 15) is 13.2 Å². The zero-order valence-corrected chi connectivity index (χ0v) is 18.1. The molecule has 2 heterocycles. The van der Waals surface area contributed by atoms with Crippen LogP contribution in [0.4, 0.5) is 5.69 Å². The maximum Gasteiger partial charge on any atom is 0.243 e. The fraction of sp³-hybridized carbons (Fsp3) is 0.400. The summed E-state index contributed by atoms with van der Waals surface area (Å²) < 4.78 is 27.7. The maximum atomic E-state index is 13.1. The van der Waals surface area contributed by atoms with Crippen molar-refractivity contribution < 1.29 is 13.2 Å². The first-order valence-electron chi connectivity index (χ1n) is 9.48. The topological polar surface area (TPSA) is 82.6 Å². The fourth-order valence-corrected chi connectivity index (χ4v) is 5.15. The van der Waals surface area contributed by atoms with Crippen molar-refractivity contribution in [2.45, 2.75) is 31.7 Å². The number of nitrogens with zero attached hydrogens (tertiary/aromatic N) is 3. The Balaban J connectivity index is 1.70. The van der Waals surface area contributed by atoms with E-state index in [2.05, 4.69) is 15.2 Å². The Morgan fingerprint density at radius 3 is 2.66 bits per heavy atom. The third-order valence-electron chi connectivity index (χ3n) is 4.77. The van der Waals surface area contributed by atoms with Crippen LogP contribution in [0.3, 0.4) is 0 Å². The molecule has 1 amide bonds. The molecule has 0 atom stereocenters. The molecular weight excluding hydrogens is 412 g/mol. The number of rotatable bonds is 5. The van der Waals surface area contributed by atoms with Crippen molar-refractivity contribution in [1.29, 1.82) is 0 Å². The quantitative estimate of drug-likeness (QED) is 0.779. The molecule has 9 heteroatoms. The van der Waals surface area contributed by atoms with Crippen LogP contribution in [0, 0.1) is 6.92 Å². The summed E-state index contributed by atoms with van der Waals surface area (Å²) in [6.07, 6.45) is 0.739. The molecule has 0 radical (unpaired) electrons. The van der Waals surface area contributed by atoms with E-state index in [-0.39, 0.29) is 15.8 Å². The van der Waals surface area contributed by atoms with Crippen molar-refractivity contribution in [3.05, 3.63) is 52.8 Å². The molecule has 1 aliphatic rings. The Labute approximate surface area is 176 Å². The predicted octanol–water partition coefficient (Wildman–Crippen LogP) is 2.90. The molecule has 1 saturated heterocycles. The van der Waals surface area contributed by atoms with Gasteiger partial charge in [0.05, 0.1) is 21.3 Å². The van der Waals surface area contributed by atoms with Gasteiger partial charge in [0.1, 0.15) is 0 Å². The summed E-state index contributed by atoms with van der Waals surface area (Å²) in [6, 6.07) is 10.3. The lowest BCUT2D eigenvalue weighted by Gasteiger charge is -2.22. The van der Waals surface area contributed by atoms with E-state index in [1.807, 2.05) is 25.1 Å². The number of anilines is 1. The Kier molecular flexibility index (Phi) is 6.89. The normalized spacial score (nSPS) is 16.4. The number of benzene rings is 1. The van der Waals surface area contributed by atoms with Crippen LogP contribution in [0.2, 0.25) is 5.02 Å². The van der Waals surface area contributed by atoms with Gasteiger partial charge in [-0.3, -0.25) is 14.7 Å². The average molecular weight is 437 g/mol. The van der Waals surface area contributed by atoms with Gasteiger partial charge >= 0.3 is 0 Å². The Morgan fingerprint density at radius 2 is 1.97 bits per heavy atom. The first-order valence-corrected chi connectivity index (χ1v) is 11.3. The molecule has 1 aliphatic heterocycles. The minimum absolute atomic E-state index is 0.130. The van der Waals surface area contributed by atoms with E-state index < -0.39 is 10.0 Å². The number of nitrogens with one attached hydrogen (secondary N) is 1. The number of carbonyl (C=O) groups is 1. The minimum atomic E-state index is -3.66. The number of pyridine rings is 1. The van der Waals surface area contributed by atoms with E-state index in [4.69, 9.17) is 11.6 Å². The SMILES string of the molecule is CC(=O)Nc1ccc(S(=O)(=O)N2CCCN(Cc3cccc(C)n3)CC2)cc1Cl. The van der Waals surface area contributed by atoms with Gasteiger partial charge in [0.15, 0.2) is 0 Å². The van der Waals surface area contributed by atoms with Crippen molar-refractivity contribution >= 4 is 33.2 Å². The second kappa shape index (κ2) is 9.21. The number of hydrogen-bond donors (Lipinski definition) is 1. The fourth-order valence-electron chi connectivity index (χ4n) is 3.36. The smallest absolute Gasteiger partial charge is 0.243 e. The van der Waals surface area contributed by atoms with Gasteiger partial charge in [-0.1, -0.05) is 17.7 Å². The molecule has 7 nitrogen and oxygen atoms in total. The van der Waals surface area contributed by atoms with Crippen molar-refractivity contribution in [2.24, 2.45) is 0 Å². The van der Waals surface area contributed by atoms with Crippen molar-refractivity contribution in [2.75, 3.05) is 31.5 Å². The molecule has 0 aliphatic carbocycles. The van der Waals surface area contributed by atoms with Crippen LogP contribution in [0.5, 0.6) is 0 Å². The van der Waals surface area contributed by atoms with Gasteiger partial charge in [0, 0.05) is 38.8 Å². The van der Waals surface area contributed by atoms with Gasteiger partial charge in [-0.25, -0.2) is 8.42 Å². The number of sulfonamides is 1. The van der Waals surface area contributed by atoms with Crippen LogP contribution in [-0.4, -0.2) is 54.7 Å². The van der Waals surface area contributed by atoms with Crippen molar-refractivity contribution in [3.8, 4) is 0 Å². The molecule has 1 aromatic heterocycles. The van der Waals surface area contributed by atoms with Crippen LogP contribution in [0.25, 0.3) is 0 Å². The lowest BCUT2D eigenvalue weighted by molar-refractivity contribution is -0.114. The summed E-state index contributed by atoms with van der Waals surface area (Å²) in [4.78, 5) is 18.1. The first-order chi connectivity index (χ1) is 13.8. The highest BCUT2D eigenvalue weighted by atomic mass is 35.5. The second-order valence-electron chi connectivity index (χ2n) is 7.13. The maximum absolute atomic E-state index is 13.1. The highest BCUT2D eigenvalue weighted by Gasteiger charge is 2.27. The van der Waals surface area contributed by atoms with Gasteiger partial charge in [-0.2, -0.15) is 4.31 Å². The van der Waals surface area contributed by atoms with Crippen LogP contribution in [-0.2, 0) is 21.4 Å². The number of amides is 1. The van der Waals surface area contributed by atoms with E-state index in [1.165, 1.54) is 29.4 Å². The molecule has 156 valence electrons. The van der Waals surface area contributed by atoms with Gasteiger partial charge in [-0.15, -0.1) is 0 Å². The Hall–Kier alpha value is -2.00. The number of halogens is 1. The Morgan fingerprint density at radius 1 is 1.17 bits per heavy atom. The van der Waals surface area contributed by atoms with E-state index in [1.54, 1.807) is 0 Å². The molecule has 0 unspecified atom stereocenters. The molecule has 1 N–H and O–H groups in total. The molecular formula is C20H25ClN4O3S. The van der Waals surface area contributed by atoms with Crippen molar-refractivity contribution in [3.63, 3.8) is 0 Å². The number of aromatic nitrogens is 1. The summed E-state index contributed by atoms with van der Waals surface area (Å²) in [5.74, 6) is -0.266. The largest absolute Gasteiger partial charge is 0.325 e. The van der Waals surface area contributed by atoms with Gasteiger partial charge in [-0.05, 0) is 50.2 Å². The van der Waals surface area contributed by atoms with Crippen LogP contribution >= 0.6 is 11.6 Å². The molecule has 29 heavy (non-hydrogen) atoms. The minimum Gasteiger partial charge on any atom is -0.325 e. The summed E-state index contributed by atoms with van der Waals surface area (Å²) in [5, 5.41) is 2.78. The number of hydrogen-bond acceptors (Lipinski definition) is 5. The van der Waals surface area contributed by atoms with E-state index >= 15 is 0 Å². The third kappa shape index (κ3) is 5.54. The summed E-state index contributed by atoms with van der Waals surface area (Å²) in [6.45, 7) is 6.33. The molecule has 0 saturated carbocycles. The molecule has 0 bridgehead atoms. The molecule has 2 aromatic rings. The van der Waals surface area contributed by atoms with Crippen LogP contribution < -0.4 is 5.32 Å². The molecule has 0 spiro atoms. The Bertz CT molecular complexity index is 997. The molecule has 3 rings (SSSR count). The molecule has 1 aromatic carbocycles. The summed E-state index contributed by atoms with van der Waals surface area (Å²) >= 11 is 6.16. The lowest BCUT2D eigenvalue weighted by Crippen LogP contribution is -2.35. The second-order valence-corrected chi connectivity index (χ2v) is 9.47. The first kappa shape index (κ1) is 21.7. The highest BCUT2D eigenvalue weighted by Crippen LogP contribution is 2.27. The average Bonchev–Trinajstić information content (AvgIpc) is 2.89. The van der Waals surface area contributed by atoms with Crippen LogP contribution in [0.1, 0.15) is 24.7 Å². The van der Waals surface area contributed by atoms with Gasteiger partial charge < -0.3 is 5.32 Å². The molecule has 1 fully saturated rings. The number of aryl methyl sites for hydroxylation is 1. The monoisotopic (exact) mass is 436 g/mol. The van der Waals surface area contributed by atoms with E-state index in [0.717, 1.165) is 24.4 Å². The summed E-state index contributed by atoms with van der Waals surface area (Å²) in [7, 11) is -3.66. The zero-order chi connectivity index (χ0) is 21.0. The predicted molar refractivity (Wildman–Crippen MR) is 113 cm³/mol. The summed E-state index contributed by atoms with van der Waals surface area (Å²) in [5.41, 5.74) is 2.36. The number of carbonyl (C=O) groups excluding carboxylic acids is 1. The zero-order valence-electron chi connectivity index (χ0n) is 16.6. The lowest BCUT2D eigenvalue weighted by atomic mass is 10.3. The van der Waals surface area contributed by atoms with Gasteiger partial charge in [0.2, 0.25) is 15.9 Å². The van der Waals surface area contributed by atoms with E-state index in [0.29, 0.717) is 31.9 Å².